The van der Waals surface area contributed by atoms with Crippen molar-refractivity contribution < 1.29 is 0 Å². The molecule has 0 aromatic heterocycles. The van der Waals surface area contributed by atoms with Crippen LogP contribution in [0.3, 0.4) is 0 Å². The summed E-state index contributed by atoms with van der Waals surface area (Å²) in [6.45, 7) is 10.3. The summed E-state index contributed by atoms with van der Waals surface area (Å²) in [7, 11) is 2.26. The molecule has 0 bridgehead atoms. The third-order valence-corrected chi connectivity index (χ3v) is 4.05. The summed E-state index contributed by atoms with van der Waals surface area (Å²) in [6, 6.07) is 2.19. The molecule has 0 saturated heterocycles. The normalized spacial score (nSPS) is 22.8. The second kappa shape index (κ2) is 5.86. The highest BCUT2D eigenvalue weighted by atomic mass is 15.2. The predicted molar refractivity (Wildman–Crippen MR) is 67.2 cm³/mol. The summed E-state index contributed by atoms with van der Waals surface area (Å²) < 4.78 is 0. The van der Waals surface area contributed by atoms with Crippen LogP contribution < -0.4 is 5.32 Å². The van der Waals surface area contributed by atoms with Crippen LogP contribution in [0.25, 0.3) is 0 Å². The molecule has 0 aliphatic heterocycles. The largest absolute Gasteiger partial charge is 0.312 e. The highest BCUT2D eigenvalue weighted by molar-refractivity contribution is 4.86. The molecule has 1 aliphatic carbocycles. The summed E-state index contributed by atoms with van der Waals surface area (Å²) in [4.78, 5) is 2.52. The monoisotopic (exact) mass is 212 g/mol. The minimum atomic E-state index is 0.644. The Morgan fingerprint density at radius 2 is 1.87 bits per heavy atom. The van der Waals surface area contributed by atoms with Crippen LogP contribution in [0.5, 0.6) is 0 Å². The molecule has 0 aromatic carbocycles. The van der Waals surface area contributed by atoms with Crippen LogP contribution in [0.1, 0.15) is 47.0 Å². The van der Waals surface area contributed by atoms with Crippen molar-refractivity contribution in [2.75, 3.05) is 13.6 Å². The first-order valence-electron chi connectivity index (χ1n) is 6.51. The van der Waals surface area contributed by atoms with Crippen LogP contribution in [0.2, 0.25) is 0 Å². The molecule has 1 rings (SSSR count). The van der Waals surface area contributed by atoms with Gasteiger partial charge in [0.2, 0.25) is 0 Å². The highest BCUT2D eigenvalue weighted by Crippen LogP contribution is 2.26. The van der Waals surface area contributed by atoms with Gasteiger partial charge in [0.15, 0.2) is 0 Å². The van der Waals surface area contributed by atoms with Crippen molar-refractivity contribution in [3.8, 4) is 0 Å². The molecule has 90 valence electrons. The number of nitrogens with one attached hydrogen (secondary N) is 1. The average Bonchev–Trinajstić information content (AvgIpc) is 3.06. The molecule has 1 saturated carbocycles. The molecule has 0 spiro atoms. The average molecular weight is 212 g/mol. The Labute approximate surface area is 95.4 Å². The molecule has 2 nitrogen and oxygen atoms in total. The smallest absolute Gasteiger partial charge is 0.0192 e. The van der Waals surface area contributed by atoms with E-state index in [2.05, 4.69) is 45.0 Å². The van der Waals surface area contributed by atoms with Gasteiger partial charge in [-0.2, -0.15) is 0 Å². The van der Waals surface area contributed by atoms with E-state index in [9.17, 15) is 0 Å². The van der Waals surface area contributed by atoms with Gasteiger partial charge in [0.1, 0.15) is 0 Å². The lowest BCUT2D eigenvalue weighted by Crippen LogP contribution is -2.43. The minimum absolute atomic E-state index is 0.644. The van der Waals surface area contributed by atoms with Gasteiger partial charge in [0.25, 0.3) is 0 Å². The van der Waals surface area contributed by atoms with Crippen molar-refractivity contribution >= 4 is 0 Å². The Morgan fingerprint density at radius 1 is 1.27 bits per heavy atom. The summed E-state index contributed by atoms with van der Waals surface area (Å²) in [6.07, 6.45) is 4.07. The second-order valence-corrected chi connectivity index (χ2v) is 5.33. The topological polar surface area (TPSA) is 15.3 Å². The Morgan fingerprint density at radius 3 is 2.33 bits per heavy atom. The van der Waals surface area contributed by atoms with E-state index >= 15 is 0 Å². The van der Waals surface area contributed by atoms with Gasteiger partial charge >= 0.3 is 0 Å². The van der Waals surface area contributed by atoms with Gasteiger partial charge in [0, 0.05) is 24.7 Å². The lowest BCUT2D eigenvalue weighted by atomic mass is 10.0. The summed E-state index contributed by atoms with van der Waals surface area (Å²) in [5.74, 6) is 0.781. The number of hydrogen-bond acceptors (Lipinski definition) is 2. The fraction of sp³-hybridized carbons (Fsp3) is 1.00. The van der Waals surface area contributed by atoms with E-state index in [1.807, 2.05) is 0 Å². The van der Waals surface area contributed by atoms with Crippen LogP contribution in [-0.4, -0.2) is 36.6 Å². The van der Waals surface area contributed by atoms with E-state index in [0.717, 1.165) is 18.5 Å². The Kier molecular flexibility index (Phi) is 5.07. The van der Waals surface area contributed by atoms with Gasteiger partial charge in [-0.25, -0.2) is 0 Å². The van der Waals surface area contributed by atoms with Gasteiger partial charge in [0.05, 0.1) is 0 Å². The highest BCUT2D eigenvalue weighted by Gasteiger charge is 2.29. The molecule has 0 heterocycles. The molecule has 1 N–H and O–H groups in total. The van der Waals surface area contributed by atoms with Crippen molar-refractivity contribution in [1.82, 2.24) is 10.2 Å². The molecule has 3 atom stereocenters. The second-order valence-electron chi connectivity index (χ2n) is 5.33. The standard InChI is InChI=1S/C13H28N2/c1-6-10(2)12(4)14-9-11(3)15(5)13-7-8-13/h10-14H,6-9H2,1-5H3. The maximum Gasteiger partial charge on any atom is 0.0192 e. The van der Waals surface area contributed by atoms with Gasteiger partial charge in [-0.05, 0) is 39.7 Å². The minimum Gasteiger partial charge on any atom is -0.312 e. The molecule has 0 radical (unpaired) electrons. The number of likely N-dealkylation sites (N-methyl/N-ethyl adjacent to an activating group) is 1. The molecule has 3 unspecified atom stereocenters. The van der Waals surface area contributed by atoms with Crippen LogP contribution in [0.4, 0.5) is 0 Å². The molecule has 2 heteroatoms. The lowest BCUT2D eigenvalue weighted by molar-refractivity contribution is 0.229. The molecule has 15 heavy (non-hydrogen) atoms. The molecule has 1 fully saturated rings. The molecular weight excluding hydrogens is 184 g/mol. The first-order valence-corrected chi connectivity index (χ1v) is 6.51. The van der Waals surface area contributed by atoms with Crippen LogP contribution in [0, 0.1) is 5.92 Å². The molecule has 0 amide bonds. The molecule has 0 aromatic rings. The van der Waals surface area contributed by atoms with E-state index in [1.54, 1.807) is 0 Å². The predicted octanol–water partition coefficient (Wildman–Crippen LogP) is 2.49. The van der Waals surface area contributed by atoms with E-state index in [0.29, 0.717) is 12.1 Å². The summed E-state index contributed by atoms with van der Waals surface area (Å²) >= 11 is 0. The van der Waals surface area contributed by atoms with Crippen LogP contribution in [-0.2, 0) is 0 Å². The fourth-order valence-electron chi connectivity index (χ4n) is 1.90. The summed E-state index contributed by atoms with van der Waals surface area (Å²) in [5, 5.41) is 3.65. The van der Waals surface area contributed by atoms with Gasteiger partial charge < -0.3 is 5.32 Å². The Balaban J connectivity index is 2.17. The van der Waals surface area contributed by atoms with Gasteiger partial charge in [-0.1, -0.05) is 20.3 Å². The SMILES string of the molecule is CCC(C)C(C)NCC(C)N(C)C1CC1. The zero-order valence-electron chi connectivity index (χ0n) is 11.1. The van der Waals surface area contributed by atoms with Gasteiger partial charge in [-0.3, -0.25) is 4.90 Å². The third-order valence-electron chi connectivity index (χ3n) is 4.05. The number of nitrogens with zero attached hydrogens (tertiary/aromatic N) is 1. The van der Waals surface area contributed by atoms with E-state index < -0.39 is 0 Å². The third kappa shape index (κ3) is 4.12. The first kappa shape index (κ1) is 13.0. The number of hydrogen-bond donors (Lipinski definition) is 1. The zero-order chi connectivity index (χ0) is 11.4. The maximum absolute atomic E-state index is 3.65. The Hall–Kier alpha value is -0.0800. The van der Waals surface area contributed by atoms with Crippen LogP contribution in [0.15, 0.2) is 0 Å². The molecular formula is C13H28N2. The van der Waals surface area contributed by atoms with E-state index in [-0.39, 0.29) is 0 Å². The van der Waals surface area contributed by atoms with Gasteiger partial charge in [-0.15, -0.1) is 0 Å². The zero-order valence-corrected chi connectivity index (χ0v) is 11.1. The van der Waals surface area contributed by atoms with Crippen molar-refractivity contribution in [3.63, 3.8) is 0 Å². The van der Waals surface area contributed by atoms with Crippen molar-refractivity contribution in [1.29, 1.82) is 0 Å². The maximum atomic E-state index is 3.65. The number of rotatable bonds is 7. The van der Waals surface area contributed by atoms with Crippen molar-refractivity contribution in [2.24, 2.45) is 5.92 Å². The lowest BCUT2D eigenvalue weighted by Gasteiger charge is -2.28. The van der Waals surface area contributed by atoms with Crippen LogP contribution >= 0.6 is 0 Å². The quantitative estimate of drug-likeness (QED) is 0.697. The Bertz CT molecular complexity index is 177. The van der Waals surface area contributed by atoms with E-state index in [4.69, 9.17) is 0 Å². The van der Waals surface area contributed by atoms with Crippen molar-refractivity contribution in [2.45, 2.75) is 65.1 Å². The van der Waals surface area contributed by atoms with Crippen molar-refractivity contribution in [3.05, 3.63) is 0 Å². The first-order chi connectivity index (χ1) is 7.06. The molecule has 1 aliphatic rings. The summed E-state index contributed by atoms with van der Waals surface area (Å²) in [5.41, 5.74) is 0. The fourth-order valence-corrected chi connectivity index (χ4v) is 1.90. The van der Waals surface area contributed by atoms with E-state index in [1.165, 1.54) is 19.3 Å².